The summed E-state index contributed by atoms with van der Waals surface area (Å²) in [6.07, 6.45) is -0.122. The maximum Gasteiger partial charge on any atom is 0.135 e. The lowest BCUT2D eigenvalue weighted by atomic mass is 9.79. The Morgan fingerprint density at radius 1 is 0.857 bits per heavy atom. The van der Waals surface area contributed by atoms with Crippen molar-refractivity contribution >= 4 is 5.71 Å². The lowest BCUT2D eigenvalue weighted by molar-refractivity contribution is 0.113. The van der Waals surface area contributed by atoms with E-state index in [1.54, 1.807) is 12.1 Å². The van der Waals surface area contributed by atoms with E-state index in [9.17, 15) is 5.11 Å². The van der Waals surface area contributed by atoms with Crippen LogP contribution < -0.4 is 4.74 Å². The lowest BCUT2D eigenvalue weighted by Gasteiger charge is -2.36. The van der Waals surface area contributed by atoms with Crippen LogP contribution in [0.15, 0.2) is 84.0 Å². The van der Waals surface area contributed by atoms with Gasteiger partial charge in [-0.25, -0.2) is 0 Å². The first-order chi connectivity index (χ1) is 13.2. The van der Waals surface area contributed by atoms with Crippen LogP contribution in [0, 0.1) is 5.92 Å². The van der Waals surface area contributed by atoms with Crippen molar-refractivity contribution in [1.29, 1.82) is 0 Å². The fourth-order valence-corrected chi connectivity index (χ4v) is 4.23. The van der Waals surface area contributed by atoms with Crippen LogP contribution in [0.3, 0.4) is 0 Å². The number of hydrazone groups is 1. The minimum Gasteiger partial charge on any atom is -0.508 e. The van der Waals surface area contributed by atoms with Crippen molar-refractivity contribution < 1.29 is 15.3 Å². The topological polar surface area (TPSA) is 76.6 Å². The largest absolute Gasteiger partial charge is 0.508 e. The molecule has 0 spiro atoms. The summed E-state index contributed by atoms with van der Waals surface area (Å²) in [5, 5.41) is 16.6. The fourth-order valence-electron chi connectivity index (χ4n) is 4.23. The first-order valence-electron chi connectivity index (χ1n) is 9.13. The average Bonchev–Trinajstić information content (AvgIpc) is 3.06. The highest BCUT2D eigenvalue weighted by Crippen LogP contribution is 2.49. The molecule has 0 aliphatic carbocycles. The van der Waals surface area contributed by atoms with Gasteiger partial charge in [0.15, 0.2) is 0 Å². The van der Waals surface area contributed by atoms with Crippen molar-refractivity contribution in [1.82, 2.24) is 5.01 Å². The number of ether oxygens (including phenoxy) is 1. The van der Waals surface area contributed by atoms with Gasteiger partial charge in [0.25, 0.3) is 0 Å². The lowest BCUT2D eigenvalue weighted by Crippen LogP contribution is -2.35. The molecule has 0 saturated heterocycles. The van der Waals surface area contributed by atoms with E-state index in [1.165, 1.54) is 0 Å². The summed E-state index contributed by atoms with van der Waals surface area (Å²) in [6, 6.07) is 25.9. The van der Waals surface area contributed by atoms with Crippen molar-refractivity contribution in [2.45, 2.75) is 12.1 Å². The smallest absolute Gasteiger partial charge is 0.135 e. The van der Waals surface area contributed by atoms with Crippen molar-refractivity contribution in [3.05, 3.63) is 95.6 Å². The molecule has 5 rings (SSSR count). The fraction of sp³-hybridized carbons (Fsp3) is 0.174. The summed E-state index contributed by atoms with van der Waals surface area (Å²) in [4.78, 5) is 0. The Morgan fingerprint density at radius 2 is 1.54 bits per heavy atom. The second kappa shape index (κ2) is 7.02. The van der Waals surface area contributed by atoms with E-state index in [-0.39, 0.29) is 29.3 Å². The minimum absolute atomic E-state index is 0. The van der Waals surface area contributed by atoms with Crippen molar-refractivity contribution in [2.75, 3.05) is 7.05 Å². The predicted octanol–water partition coefficient (Wildman–Crippen LogP) is 3.71. The van der Waals surface area contributed by atoms with E-state index in [4.69, 9.17) is 9.84 Å². The zero-order chi connectivity index (χ0) is 18.4. The van der Waals surface area contributed by atoms with E-state index in [0.717, 1.165) is 28.2 Å². The number of para-hydroxylation sites is 1. The third-order valence-corrected chi connectivity index (χ3v) is 5.43. The van der Waals surface area contributed by atoms with Gasteiger partial charge in [0, 0.05) is 12.6 Å². The minimum atomic E-state index is -0.122. The predicted molar refractivity (Wildman–Crippen MR) is 109 cm³/mol. The number of phenolic OH excluding ortho intramolecular Hbond substituents is 1. The number of hydrogen-bond acceptors (Lipinski definition) is 4. The van der Waals surface area contributed by atoms with E-state index >= 15 is 0 Å². The third-order valence-electron chi connectivity index (χ3n) is 5.43. The van der Waals surface area contributed by atoms with Crippen LogP contribution in [0.5, 0.6) is 11.5 Å². The Kier molecular flexibility index (Phi) is 4.53. The molecule has 0 amide bonds. The van der Waals surface area contributed by atoms with Crippen molar-refractivity contribution in [3.8, 4) is 11.5 Å². The van der Waals surface area contributed by atoms with Gasteiger partial charge in [-0.05, 0) is 35.4 Å². The number of rotatable bonds is 2. The molecule has 2 aliphatic heterocycles. The van der Waals surface area contributed by atoms with Gasteiger partial charge in [0.05, 0.1) is 17.7 Å². The molecule has 0 radical (unpaired) electrons. The van der Waals surface area contributed by atoms with E-state index < -0.39 is 0 Å². The zero-order valence-electron chi connectivity index (χ0n) is 15.5. The summed E-state index contributed by atoms with van der Waals surface area (Å²) >= 11 is 0. The van der Waals surface area contributed by atoms with Gasteiger partial charge in [0.2, 0.25) is 0 Å². The van der Waals surface area contributed by atoms with E-state index in [2.05, 4.69) is 18.2 Å². The van der Waals surface area contributed by atoms with Crippen molar-refractivity contribution in [2.24, 2.45) is 11.0 Å². The summed E-state index contributed by atoms with van der Waals surface area (Å²) < 4.78 is 6.50. The van der Waals surface area contributed by atoms with E-state index in [0.29, 0.717) is 0 Å². The summed E-state index contributed by atoms with van der Waals surface area (Å²) in [5.74, 6) is 1.21. The summed E-state index contributed by atoms with van der Waals surface area (Å²) in [5.41, 5.74) is 4.38. The Labute approximate surface area is 163 Å². The van der Waals surface area contributed by atoms with Crippen LogP contribution in [0.2, 0.25) is 0 Å². The van der Waals surface area contributed by atoms with E-state index in [1.807, 2.05) is 60.6 Å². The first-order valence-corrected chi connectivity index (χ1v) is 9.13. The quantitative estimate of drug-likeness (QED) is 0.743. The number of fused-ring (bicyclic) bond motifs is 3. The molecule has 142 valence electrons. The maximum absolute atomic E-state index is 9.69. The molecule has 2 heterocycles. The van der Waals surface area contributed by atoms with Gasteiger partial charge < -0.3 is 15.3 Å². The molecule has 0 bridgehead atoms. The van der Waals surface area contributed by atoms with Crippen LogP contribution in [-0.4, -0.2) is 28.4 Å². The zero-order valence-corrected chi connectivity index (χ0v) is 15.5. The summed E-state index contributed by atoms with van der Waals surface area (Å²) in [6.45, 7) is 0. The van der Waals surface area contributed by atoms with Gasteiger partial charge in [0.1, 0.15) is 17.6 Å². The van der Waals surface area contributed by atoms with Crippen LogP contribution in [-0.2, 0) is 0 Å². The standard InChI is InChI=1S/C23H20N2O2.H2O/c1-25-22(15-11-13-17(26)14-12-15)20-21(24-25)18-9-5-6-10-19(18)27-23(20)16-7-3-2-4-8-16;/h2-14,20,22-23,26H,1H3;1H2/t20-,22+,23-;/m0./s1. The molecule has 0 unspecified atom stereocenters. The normalized spacial score (nSPS) is 22.4. The third kappa shape index (κ3) is 2.80. The monoisotopic (exact) mass is 374 g/mol. The number of hydrogen-bond donors (Lipinski definition) is 1. The Bertz CT molecular complexity index is 1000. The number of aromatic hydroxyl groups is 1. The Hall–Kier alpha value is -3.31. The van der Waals surface area contributed by atoms with Gasteiger partial charge in [-0.2, -0.15) is 5.10 Å². The van der Waals surface area contributed by atoms with Crippen LogP contribution in [0.25, 0.3) is 0 Å². The molecule has 0 saturated carbocycles. The molecule has 5 nitrogen and oxygen atoms in total. The molecule has 0 aromatic heterocycles. The van der Waals surface area contributed by atoms with Crippen LogP contribution >= 0.6 is 0 Å². The molecule has 3 aromatic rings. The first kappa shape index (κ1) is 18.1. The summed E-state index contributed by atoms with van der Waals surface area (Å²) in [7, 11) is 2.01. The molecule has 3 aromatic carbocycles. The second-order valence-corrected chi connectivity index (χ2v) is 7.07. The average molecular weight is 374 g/mol. The highest BCUT2D eigenvalue weighted by atomic mass is 16.5. The molecule has 3 atom stereocenters. The van der Waals surface area contributed by atoms with Gasteiger partial charge in [-0.3, -0.25) is 5.01 Å². The van der Waals surface area contributed by atoms with Crippen LogP contribution in [0.1, 0.15) is 28.8 Å². The molecule has 28 heavy (non-hydrogen) atoms. The van der Waals surface area contributed by atoms with Crippen LogP contribution in [0.4, 0.5) is 0 Å². The highest BCUT2D eigenvalue weighted by molar-refractivity contribution is 6.07. The molecular weight excluding hydrogens is 352 g/mol. The Morgan fingerprint density at radius 3 is 2.29 bits per heavy atom. The molecule has 0 fully saturated rings. The van der Waals surface area contributed by atoms with Gasteiger partial charge >= 0.3 is 0 Å². The molecule has 2 aliphatic rings. The molecule has 3 N–H and O–H groups in total. The number of benzene rings is 3. The highest BCUT2D eigenvalue weighted by Gasteiger charge is 2.47. The molecular formula is C23H22N2O3. The maximum atomic E-state index is 9.69. The Balaban J connectivity index is 0.00000192. The molecule has 5 heteroatoms. The van der Waals surface area contributed by atoms with Gasteiger partial charge in [-0.15, -0.1) is 0 Å². The SMILES string of the molecule is CN1N=C2c3ccccc3O[C@@H](c3ccccc3)[C@@H]2[C@H]1c1ccc(O)cc1.O. The second-order valence-electron chi connectivity index (χ2n) is 7.07. The number of nitrogens with zero attached hydrogens (tertiary/aromatic N) is 2. The number of phenols is 1. The van der Waals surface area contributed by atoms with Gasteiger partial charge in [-0.1, -0.05) is 54.6 Å². The van der Waals surface area contributed by atoms with Crippen molar-refractivity contribution in [3.63, 3.8) is 0 Å².